The number of para-hydroxylation sites is 1. The molecule has 2 amide bonds. The maximum absolute atomic E-state index is 13.0. The van der Waals surface area contributed by atoms with Crippen molar-refractivity contribution in [2.75, 3.05) is 44.2 Å². The van der Waals surface area contributed by atoms with Crippen molar-refractivity contribution in [3.8, 4) is 0 Å². The van der Waals surface area contributed by atoms with Gasteiger partial charge in [0, 0.05) is 45.0 Å². The summed E-state index contributed by atoms with van der Waals surface area (Å²) in [5, 5.41) is 4.38. The number of carbonyl (C=O) groups is 2. The fourth-order valence-corrected chi connectivity index (χ4v) is 6.56. The van der Waals surface area contributed by atoms with Gasteiger partial charge in [0.05, 0.1) is 6.42 Å². The van der Waals surface area contributed by atoms with Gasteiger partial charge in [-0.15, -0.1) is 11.3 Å². The molecule has 1 N–H and O–H groups in total. The summed E-state index contributed by atoms with van der Waals surface area (Å²) in [6, 6.07) is 12.2. The second-order valence-electron chi connectivity index (χ2n) is 7.26. The minimum atomic E-state index is -3.81. The minimum absolute atomic E-state index is 0.151. The normalized spacial score (nSPS) is 20.8. The van der Waals surface area contributed by atoms with Crippen molar-refractivity contribution >= 4 is 38.9 Å². The number of anilines is 1. The Kier molecular flexibility index (Phi) is 6.07. The highest BCUT2D eigenvalue weighted by molar-refractivity contribution is 7.91. The van der Waals surface area contributed by atoms with E-state index in [1.165, 1.54) is 10.4 Å². The van der Waals surface area contributed by atoms with E-state index in [4.69, 9.17) is 0 Å². The summed E-state index contributed by atoms with van der Waals surface area (Å²) in [6.45, 7) is 2.88. The first-order valence-corrected chi connectivity index (χ1v) is 12.2. The molecule has 1 atom stereocenters. The molecule has 2 fully saturated rings. The van der Waals surface area contributed by atoms with Crippen LogP contribution in [-0.4, -0.2) is 74.7 Å². The maximum Gasteiger partial charge on any atom is 0.253 e. The first-order chi connectivity index (χ1) is 14.5. The van der Waals surface area contributed by atoms with E-state index in [1.807, 2.05) is 30.3 Å². The Hall–Kier alpha value is -2.43. The molecule has 30 heavy (non-hydrogen) atoms. The van der Waals surface area contributed by atoms with Crippen molar-refractivity contribution in [3.63, 3.8) is 0 Å². The standard InChI is InChI=1S/C20H24N4O4S2/c25-18(23-12-10-22(11-13-23)16-5-2-1-3-6-16)15-17-20(26)21-8-9-24(17)30(27,28)19-7-4-14-29-19/h1-7,14,17H,8-13,15H2,(H,21,26)/t17-/m0/s1. The van der Waals surface area contributed by atoms with Crippen molar-refractivity contribution in [2.45, 2.75) is 16.7 Å². The Morgan fingerprint density at radius 3 is 2.43 bits per heavy atom. The summed E-state index contributed by atoms with van der Waals surface area (Å²) in [5.74, 6) is -0.617. The molecule has 160 valence electrons. The van der Waals surface area contributed by atoms with Crippen LogP contribution in [0.25, 0.3) is 0 Å². The molecular weight excluding hydrogens is 424 g/mol. The lowest BCUT2D eigenvalue weighted by molar-refractivity contribution is -0.137. The van der Waals surface area contributed by atoms with Crippen molar-refractivity contribution in [3.05, 3.63) is 47.8 Å². The molecule has 4 rings (SSSR count). The second-order valence-corrected chi connectivity index (χ2v) is 10.3. The van der Waals surface area contributed by atoms with E-state index < -0.39 is 22.0 Å². The molecule has 0 bridgehead atoms. The lowest BCUT2D eigenvalue weighted by atomic mass is 10.1. The van der Waals surface area contributed by atoms with E-state index in [-0.39, 0.29) is 29.6 Å². The summed E-state index contributed by atoms with van der Waals surface area (Å²) in [5.41, 5.74) is 1.12. The zero-order valence-electron chi connectivity index (χ0n) is 16.4. The Morgan fingerprint density at radius 2 is 1.77 bits per heavy atom. The molecule has 2 aromatic rings. The largest absolute Gasteiger partial charge is 0.368 e. The SMILES string of the molecule is O=C1NCCN(S(=O)(=O)c2cccs2)[C@H]1CC(=O)N1CCN(c2ccccc2)CC1. The molecule has 2 aliphatic rings. The number of nitrogens with one attached hydrogen (secondary N) is 1. The van der Waals surface area contributed by atoms with Crippen molar-refractivity contribution < 1.29 is 18.0 Å². The highest BCUT2D eigenvalue weighted by Gasteiger charge is 2.41. The van der Waals surface area contributed by atoms with Gasteiger partial charge < -0.3 is 15.1 Å². The number of sulfonamides is 1. The molecule has 0 radical (unpaired) electrons. The van der Waals surface area contributed by atoms with Gasteiger partial charge in [-0.2, -0.15) is 4.31 Å². The van der Waals surface area contributed by atoms with Gasteiger partial charge in [0.25, 0.3) is 10.0 Å². The van der Waals surface area contributed by atoms with Crippen LogP contribution in [0, 0.1) is 0 Å². The first kappa shape index (κ1) is 20.8. The summed E-state index contributed by atoms with van der Waals surface area (Å²) in [4.78, 5) is 29.3. The van der Waals surface area contributed by atoms with Crippen LogP contribution in [0.3, 0.4) is 0 Å². The average molecular weight is 449 g/mol. The number of amides is 2. The number of nitrogens with zero attached hydrogens (tertiary/aromatic N) is 3. The zero-order chi connectivity index (χ0) is 21.1. The zero-order valence-corrected chi connectivity index (χ0v) is 18.1. The summed E-state index contributed by atoms with van der Waals surface area (Å²) < 4.78 is 27.3. The van der Waals surface area contributed by atoms with Crippen LogP contribution in [0.4, 0.5) is 5.69 Å². The summed E-state index contributed by atoms with van der Waals surface area (Å²) >= 11 is 1.11. The van der Waals surface area contributed by atoms with Crippen LogP contribution < -0.4 is 10.2 Å². The number of hydrogen-bond acceptors (Lipinski definition) is 6. The monoisotopic (exact) mass is 448 g/mol. The molecule has 2 saturated heterocycles. The average Bonchev–Trinajstić information content (AvgIpc) is 3.32. The number of benzene rings is 1. The number of thiophene rings is 1. The van der Waals surface area contributed by atoms with Gasteiger partial charge in [0.15, 0.2) is 0 Å². The number of carbonyl (C=O) groups excluding carboxylic acids is 2. The first-order valence-electron chi connectivity index (χ1n) is 9.87. The Morgan fingerprint density at radius 1 is 1.03 bits per heavy atom. The highest BCUT2D eigenvalue weighted by Crippen LogP contribution is 2.25. The lowest BCUT2D eigenvalue weighted by Crippen LogP contribution is -2.59. The van der Waals surface area contributed by atoms with Crippen LogP contribution in [0.5, 0.6) is 0 Å². The molecule has 8 nitrogen and oxygen atoms in total. The molecule has 0 unspecified atom stereocenters. The van der Waals surface area contributed by atoms with Gasteiger partial charge in [-0.1, -0.05) is 24.3 Å². The summed E-state index contributed by atoms with van der Waals surface area (Å²) in [7, 11) is -3.81. The van der Waals surface area contributed by atoms with Gasteiger partial charge in [0.2, 0.25) is 11.8 Å². The third kappa shape index (κ3) is 4.21. The molecule has 1 aromatic carbocycles. The topological polar surface area (TPSA) is 90.0 Å². The van der Waals surface area contributed by atoms with E-state index in [0.29, 0.717) is 26.2 Å². The van der Waals surface area contributed by atoms with E-state index in [1.54, 1.807) is 16.3 Å². The molecule has 1 aromatic heterocycles. The van der Waals surface area contributed by atoms with Gasteiger partial charge in [-0.25, -0.2) is 8.42 Å². The molecule has 0 saturated carbocycles. The van der Waals surface area contributed by atoms with Crippen LogP contribution in [0.15, 0.2) is 52.1 Å². The van der Waals surface area contributed by atoms with Gasteiger partial charge in [-0.05, 0) is 23.6 Å². The minimum Gasteiger partial charge on any atom is -0.368 e. The molecule has 0 spiro atoms. The smallest absolute Gasteiger partial charge is 0.253 e. The molecule has 10 heteroatoms. The van der Waals surface area contributed by atoms with Crippen LogP contribution in [-0.2, 0) is 19.6 Å². The van der Waals surface area contributed by atoms with E-state index in [2.05, 4.69) is 10.2 Å². The van der Waals surface area contributed by atoms with Gasteiger partial charge >= 0.3 is 0 Å². The Bertz CT molecular complexity index is 987. The highest BCUT2D eigenvalue weighted by atomic mass is 32.2. The third-order valence-corrected chi connectivity index (χ3v) is 8.74. The Labute approximate surface area is 180 Å². The predicted octanol–water partition coefficient (Wildman–Crippen LogP) is 0.976. The number of rotatable bonds is 5. The maximum atomic E-state index is 13.0. The van der Waals surface area contributed by atoms with Crippen molar-refractivity contribution in [2.24, 2.45) is 0 Å². The van der Waals surface area contributed by atoms with E-state index in [0.717, 1.165) is 17.0 Å². The van der Waals surface area contributed by atoms with Gasteiger partial charge in [-0.3, -0.25) is 9.59 Å². The van der Waals surface area contributed by atoms with E-state index in [9.17, 15) is 18.0 Å². The third-order valence-electron chi connectivity index (χ3n) is 5.46. The van der Waals surface area contributed by atoms with E-state index >= 15 is 0 Å². The fraction of sp³-hybridized carbons (Fsp3) is 0.400. The molecule has 0 aliphatic carbocycles. The molecule has 3 heterocycles. The summed E-state index contributed by atoms with van der Waals surface area (Å²) in [6.07, 6.45) is -0.151. The second kappa shape index (κ2) is 8.75. The predicted molar refractivity (Wildman–Crippen MR) is 115 cm³/mol. The fourth-order valence-electron chi connectivity index (χ4n) is 3.85. The Balaban J connectivity index is 1.43. The number of hydrogen-bond donors (Lipinski definition) is 1. The molecule has 2 aliphatic heterocycles. The van der Waals surface area contributed by atoms with Crippen molar-refractivity contribution in [1.82, 2.24) is 14.5 Å². The quantitative estimate of drug-likeness (QED) is 0.736. The lowest BCUT2D eigenvalue weighted by Gasteiger charge is -2.38. The van der Waals surface area contributed by atoms with Crippen LogP contribution >= 0.6 is 11.3 Å². The van der Waals surface area contributed by atoms with Crippen LogP contribution in [0.2, 0.25) is 0 Å². The van der Waals surface area contributed by atoms with Crippen LogP contribution in [0.1, 0.15) is 6.42 Å². The molecular formula is C20H24N4O4S2. The van der Waals surface area contributed by atoms with Gasteiger partial charge in [0.1, 0.15) is 10.3 Å². The number of piperazine rings is 2. The van der Waals surface area contributed by atoms with Crippen molar-refractivity contribution in [1.29, 1.82) is 0 Å².